The number of halogens is 4. The zero-order chi connectivity index (χ0) is 19.1. The summed E-state index contributed by atoms with van der Waals surface area (Å²) < 4.78 is 38.9. The van der Waals surface area contributed by atoms with E-state index in [1.165, 1.54) is 6.07 Å². The maximum absolute atomic E-state index is 13.0. The SMILES string of the molecule is Cc1ccccc1N1C(=O)SC(Nc2ccc(Cl)c(C(F)(F)F)c2)C1=O. The highest BCUT2D eigenvalue weighted by Crippen LogP contribution is 2.38. The number of hydrogen-bond acceptors (Lipinski definition) is 4. The van der Waals surface area contributed by atoms with Crippen LogP contribution in [0, 0.1) is 6.92 Å². The third kappa shape index (κ3) is 3.52. The lowest BCUT2D eigenvalue weighted by molar-refractivity contribution is -0.137. The van der Waals surface area contributed by atoms with Gasteiger partial charge in [0.2, 0.25) is 0 Å². The number of rotatable bonds is 3. The smallest absolute Gasteiger partial charge is 0.365 e. The number of nitrogens with zero attached hydrogens (tertiary/aromatic N) is 1. The zero-order valence-corrected chi connectivity index (χ0v) is 14.9. The number of amides is 2. The fourth-order valence-corrected chi connectivity index (χ4v) is 3.64. The topological polar surface area (TPSA) is 49.4 Å². The summed E-state index contributed by atoms with van der Waals surface area (Å²) in [6.07, 6.45) is -4.62. The molecule has 0 radical (unpaired) electrons. The molecule has 1 heterocycles. The first-order chi connectivity index (χ1) is 12.2. The minimum Gasteiger partial charge on any atom is -0.365 e. The van der Waals surface area contributed by atoms with Crippen LogP contribution in [-0.4, -0.2) is 16.5 Å². The summed E-state index contributed by atoms with van der Waals surface area (Å²) >= 11 is 6.30. The Kier molecular flexibility index (Phi) is 4.90. The van der Waals surface area contributed by atoms with Gasteiger partial charge in [0.15, 0.2) is 5.37 Å². The second kappa shape index (κ2) is 6.85. The van der Waals surface area contributed by atoms with Crippen molar-refractivity contribution in [3.05, 3.63) is 58.6 Å². The molecule has 2 aromatic carbocycles. The second-order valence-corrected chi connectivity index (χ2v) is 7.02. The van der Waals surface area contributed by atoms with Crippen molar-refractivity contribution in [2.45, 2.75) is 18.5 Å². The van der Waals surface area contributed by atoms with E-state index in [0.29, 0.717) is 17.4 Å². The van der Waals surface area contributed by atoms with Crippen LogP contribution in [0.4, 0.5) is 29.3 Å². The fraction of sp³-hybridized carbons (Fsp3) is 0.176. The number of benzene rings is 2. The van der Waals surface area contributed by atoms with Crippen LogP contribution < -0.4 is 10.2 Å². The highest BCUT2D eigenvalue weighted by Gasteiger charge is 2.41. The number of anilines is 2. The Morgan fingerprint density at radius 2 is 1.85 bits per heavy atom. The summed E-state index contributed by atoms with van der Waals surface area (Å²) in [5.74, 6) is -0.544. The largest absolute Gasteiger partial charge is 0.417 e. The van der Waals surface area contributed by atoms with Crippen molar-refractivity contribution in [1.29, 1.82) is 0 Å². The number of carbonyl (C=O) groups excluding carboxylic acids is 2. The minimum atomic E-state index is -4.62. The summed E-state index contributed by atoms with van der Waals surface area (Å²) in [4.78, 5) is 25.9. The predicted molar refractivity (Wildman–Crippen MR) is 95.5 cm³/mol. The summed E-state index contributed by atoms with van der Waals surface area (Å²) in [6.45, 7) is 1.76. The van der Waals surface area contributed by atoms with Gasteiger partial charge in [0.1, 0.15) is 0 Å². The fourth-order valence-electron chi connectivity index (χ4n) is 2.52. The molecular weight excluding hydrogens is 389 g/mol. The Labute approximate surface area is 156 Å². The van der Waals surface area contributed by atoms with Crippen LogP contribution in [0.1, 0.15) is 11.1 Å². The first-order valence-electron chi connectivity index (χ1n) is 7.42. The minimum absolute atomic E-state index is 0.0482. The van der Waals surface area contributed by atoms with Crippen LogP contribution in [0.15, 0.2) is 42.5 Å². The van der Waals surface area contributed by atoms with Crippen molar-refractivity contribution >= 4 is 45.9 Å². The molecule has 136 valence electrons. The lowest BCUT2D eigenvalue weighted by atomic mass is 10.2. The Bertz CT molecular complexity index is 889. The predicted octanol–water partition coefficient (Wildman–Crippen LogP) is 5.31. The van der Waals surface area contributed by atoms with E-state index in [4.69, 9.17) is 11.6 Å². The Morgan fingerprint density at radius 1 is 1.15 bits per heavy atom. The van der Waals surface area contributed by atoms with Crippen LogP contribution in [0.2, 0.25) is 5.02 Å². The maximum Gasteiger partial charge on any atom is 0.417 e. The number of hydrogen-bond donors (Lipinski definition) is 1. The van der Waals surface area contributed by atoms with E-state index in [0.717, 1.165) is 22.6 Å². The highest BCUT2D eigenvalue weighted by atomic mass is 35.5. The zero-order valence-electron chi connectivity index (χ0n) is 13.3. The molecule has 1 aliphatic rings. The van der Waals surface area contributed by atoms with Crippen molar-refractivity contribution in [3.63, 3.8) is 0 Å². The molecular formula is C17H12ClF3N2O2S. The number of aryl methyl sites for hydroxylation is 1. The monoisotopic (exact) mass is 400 g/mol. The Balaban J connectivity index is 1.85. The summed E-state index contributed by atoms with van der Waals surface area (Å²) in [7, 11) is 0. The van der Waals surface area contributed by atoms with Crippen molar-refractivity contribution < 1.29 is 22.8 Å². The van der Waals surface area contributed by atoms with Gasteiger partial charge in [0, 0.05) is 5.69 Å². The maximum atomic E-state index is 13.0. The molecule has 1 N–H and O–H groups in total. The molecule has 0 saturated carbocycles. The van der Waals surface area contributed by atoms with Crippen LogP contribution in [0.3, 0.4) is 0 Å². The van der Waals surface area contributed by atoms with Gasteiger partial charge in [-0.2, -0.15) is 13.2 Å². The molecule has 2 aromatic rings. The Hall–Kier alpha value is -2.19. The second-order valence-electron chi connectivity index (χ2n) is 5.56. The third-order valence-electron chi connectivity index (χ3n) is 3.77. The lowest BCUT2D eigenvalue weighted by Gasteiger charge is -2.17. The van der Waals surface area contributed by atoms with Gasteiger partial charge in [-0.25, -0.2) is 4.90 Å². The molecule has 26 heavy (non-hydrogen) atoms. The molecule has 3 rings (SSSR count). The average molecular weight is 401 g/mol. The number of carbonyl (C=O) groups is 2. The molecule has 1 saturated heterocycles. The molecule has 1 aliphatic heterocycles. The number of alkyl halides is 3. The van der Waals surface area contributed by atoms with E-state index in [-0.39, 0.29) is 5.69 Å². The van der Waals surface area contributed by atoms with Crippen LogP contribution in [0.25, 0.3) is 0 Å². The molecule has 1 unspecified atom stereocenters. The molecule has 4 nitrogen and oxygen atoms in total. The molecule has 9 heteroatoms. The molecule has 1 fully saturated rings. The normalized spacial score (nSPS) is 17.7. The summed E-state index contributed by atoms with van der Waals surface area (Å²) in [5.41, 5.74) is 0.224. The summed E-state index contributed by atoms with van der Waals surface area (Å²) in [5, 5.41) is 0.716. The van der Waals surface area contributed by atoms with Crippen molar-refractivity contribution in [3.8, 4) is 0 Å². The molecule has 2 amide bonds. The van der Waals surface area contributed by atoms with E-state index < -0.39 is 33.3 Å². The molecule has 0 spiro atoms. The van der Waals surface area contributed by atoms with Gasteiger partial charge in [0.05, 0.1) is 16.3 Å². The van der Waals surface area contributed by atoms with Gasteiger partial charge in [0.25, 0.3) is 11.1 Å². The van der Waals surface area contributed by atoms with Crippen molar-refractivity contribution in [2.75, 3.05) is 10.2 Å². The number of nitrogens with one attached hydrogen (secondary N) is 1. The number of imide groups is 1. The van der Waals surface area contributed by atoms with Gasteiger partial charge in [-0.05, 0) is 48.5 Å². The first kappa shape index (κ1) is 18.6. The molecule has 0 aliphatic carbocycles. The third-order valence-corrected chi connectivity index (χ3v) is 5.04. The summed E-state index contributed by atoms with van der Waals surface area (Å²) in [6, 6.07) is 10.1. The first-order valence-corrected chi connectivity index (χ1v) is 8.68. The van der Waals surface area contributed by atoms with Gasteiger partial charge in [-0.1, -0.05) is 29.8 Å². The Morgan fingerprint density at radius 3 is 2.50 bits per heavy atom. The van der Waals surface area contributed by atoms with Crippen molar-refractivity contribution in [2.24, 2.45) is 0 Å². The van der Waals surface area contributed by atoms with Gasteiger partial charge >= 0.3 is 6.18 Å². The average Bonchev–Trinajstić information content (AvgIpc) is 2.83. The van der Waals surface area contributed by atoms with Gasteiger partial charge < -0.3 is 5.32 Å². The molecule has 1 atom stereocenters. The van der Waals surface area contributed by atoms with Gasteiger partial charge in [-0.3, -0.25) is 9.59 Å². The van der Waals surface area contributed by atoms with E-state index >= 15 is 0 Å². The van der Waals surface area contributed by atoms with E-state index in [1.807, 2.05) is 0 Å². The molecule has 0 bridgehead atoms. The standard InChI is InChI=1S/C17H12ClF3N2O2S/c1-9-4-2-3-5-13(9)23-15(24)14(26-16(23)25)22-10-6-7-12(18)11(8-10)17(19,20)21/h2-8,14,22H,1H3. The van der Waals surface area contributed by atoms with Gasteiger partial charge in [-0.15, -0.1) is 0 Å². The van der Waals surface area contributed by atoms with E-state index in [2.05, 4.69) is 5.32 Å². The van der Waals surface area contributed by atoms with Crippen LogP contribution in [0.5, 0.6) is 0 Å². The highest BCUT2D eigenvalue weighted by molar-refractivity contribution is 8.16. The number of thioether (sulfide) groups is 1. The molecule has 0 aromatic heterocycles. The van der Waals surface area contributed by atoms with E-state index in [1.54, 1.807) is 31.2 Å². The lowest BCUT2D eigenvalue weighted by Crippen LogP contribution is -2.34. The van der Waals surface area contributed by atoms with Crippen LogP contribution in [-0.2, 0) is 11.0 Å². The quantitative estimate of drug-likeness (QED) is 0.759. The van der Waals surface area contributed by atoms with Crippen LogP contribution >= 0.6 is 23.4 Å². The van der Waals surface area contributed by atoms with E-state index in [9.17, 15) is 22.8 Å². The van der Waals surface area contributed by atoms with Crippen molar-refractivity contribution in [1.82, 2.24) is 0 Å². The number of para-hydroxylation sites is 1.